The number of carbonyl (C=O) groups excluding carboxylic acids is 1. The van der Waals surface area contributed by atoms with E-state index in [0.717, 1.165) is 11.9 Å². The first kappa shape index (κ1) is 22.0. The van der Waals surface area contributed by atoms with Crippen molar-refractivity contribution in [3.63, 3.8) is 0 Å². The molecule has 0 spiro atoms. The van der Waals surface area contributed by atoms with Crippen LogP contribution in [0.4, 0.5) is 13.2 Å². The number of imidazole rings is 1. The fourth-order valence-corrected chi connectivity index (χ4v) is 3.20. The quantitative estimate of drug-likeness (QED) is 0.477. The first-order chi connectivity index (χ1) is 15.8. The predicted octanol–water partition coefficient (Wildman–Crippen LogP) is 3.37. The van der Waals surface area contributed by atoms with Crippen LogP contribution < -0.4 is 10.1 Å². The second kappa shape index (κ2) is 8.73. The number of aromatic nitrogens is 6. The molecule has 170 valence electrons. The normalized spacial score (nSPS) is 12.4. The highest BCUT2D eigenvalue weighted by atomic mass is 19.4. The molecular formula is C21H18F3N7O2. The van der Waals surface area contributed by atoms with E-state index in [0.29, 0.717) is 10.2 Å². The van der Waals surface area contributed by atoms with Crippen LogP contribution in [0.1, 0.15) is 34.6 Å². The number of hydrogen-bond acceptors (Lipinski definition) is 6. The number of alkyl halides is 3. The van der Waals surface area contributed by atoms with Gasteiger partial charge in [0, 0.05) is 24.1 Å². The fraction of sp³-hybridized carbons (Fsp3) is 0.190. The second-order valence-corrected chi connectivity index (χ2v) is 7.01. The van der Waals surface area contributed by atoms with E-state index in [1.807, 2.05) is 12.1 Å². The minimum absolute atomic E-state index is 0.130. The Morgan fingerprint density at radius 3 is 2.45 bits per heavy atom. The third-order valence-electron chi connectivity index (χ3n) is 4.88. The summed E-state index contributed by atoms with van der Waals surface area (Å²) in [5.74, 6) is -0.989. The van der Waals surface area contributed by atoms with Crippen LogP contribution in [-0.2, 0) is 6.18 Å². The molecule has 9 nitrogen and oxygen atoms in total. The van der Waals surface area contributed by atoms with Crippen LogP contribution in [0, 0.1) is 0 Å². The summed E-state index contributed by atoms with van der Waals surface area (Å²) in [7, 11) is 1.35. The Balaban J connectivity index is 1.58. The highest BCUT2D eigenvalue weighted by Crippen LogP contribution is 2.33. The highest BCUT2D eigenvalue weighted by molar-refractivity contribution is 5.95. The lowest BCUT2D eigenvalue weighted by molar-refractivity contribution is -0.143. The molecule has 1 unspecified atom stereocenters. The Morgan fingerprint density at radius 2 is 1.88 bits per heavy atom. The largest absolute Gasteiger partial charge is 0.480 e. The van der Waals surface area contributed by atoms with Crippen LogP contribution in [0.25, 0.3) is 11.5 Å². The third kappa shape index (κ3) is 4.54. The van der Waals surface area contributed by atoms with Gasteiger partial charge in [-0.15, -0.1) is 10.2 Å². The van der Waals surface area contributed by atoms with Crippen molar-refractivity contribution in [1.29, 1.82) is 0 Å². The molecule has 4 rings (SSSR count). The van der Waals surface area contributed by atoms with Crippen LogP contribution in [0.2, 0.25) is 0 Å². The van der Waals surface area contributed by atoms with Crippen molar-refractivity contribution >= 4 is 5.91 Å². The lowest BCUT2D eigenvalue weighted by atomic mass is 10.1. The van der Waals surface area contributed by atoms with Crippen molar-refractivity contribution in [3.8, 4) is 17.4 Å². The van der Waals surface area contributed by atoms with Gasteiger partial charge in [-0.3, -0.25) is 4.79 Å². The Kier molecular flexibility index (Phi) is 5.82. The van der Waals surface area contributed by atoms with Gasteiger partial charge in [0.2, 0.25) is 5.88 Å². The number of ether oxygens (including phenoxy) is 1. The van der Waals surface area contributed by atoms with Crippen LogP contribution in [0.15, 0.2) is 61.3 Å². The molecule has 0 fully saturated rings. The molecule has 0 aliphatic carbocycles. The topological polar surface area (TPSA) is 99.8 Å². The number of rotatable bonds is 6. The standard InChI is InChI=1S/C21H18F3N7O2/c1-13(14-3-5-15(6-4-14)30-10-9-25-12-30)27-20(32)16-11-26-31(19(16)21(22,23)24)17-7-8-18(33-2)29-28-17/h3-13H,1-2H3,(H,27,32). The first-order valence-corrected chi connectivity index (χ1v) is 9.70. The second-order valence-electron chi connectivity index (χ2n) is 7.01. The van der Waals surface area contributed by atoms with Crippen molar-refractivity contribution in [2.24, 2.45) is 0 Å². The molecule has 12 heteroatoms. The number of halogens is 3. The lowest BCUT2D eigenvalue weighted by Gasteiger charge is -2.16. The summed E-state index contributed by atoms with van der Waals surface area (Å²) in [5.41, 5.74) is -0.297. The predicted molar refractivity (Wildman–Crippen MR) is 110 cm³/mol. The molecule has 0 bridgehead atoms. The summed E-state index contributed by atoms with van der Waals surface area (Å²) < 4.78 is 48.8. The maximum Gasteiger partial charge on any atom is 0.434 e. The van der Waals surface area contributed by atoms with Crippen LogP contribution >= 0.6 is 0 Å². The zero-order valence-electron chi connectivity index (χ0n) is 17.5. The molecule has 1 aromatic carbocycles. The molecule has 1 N–H and O–H groups in total. The number of carbonyl (C=O) groups is 1. The monoisotopic (exact) mass is 457 g/mol. The maximum atomic E-state index is 13.9. The van der Waals surface area contributed by atoms with Gasteiger partial charge < -0.3 is 14.6 Å². The Bertz CT molecular complexity index is 1230. The minimum atomic E-state index is -4.86. The molecule has 3 aromatic heterocycles. The van der Waals surface area contributed by atoms with Crippen LogP contribution in [0.3, 0.4) is 0 Å². The summed E-state index contributed by atoms with van der Waals surface area (Å²) >= 11 is 0. The Morgan fingerprint density at radius 1 is 1.12 bits per heavy atom. The number of methoxy groups -OCH3 is 1. The van der Waals surface area contributed by atoms with Gasteiger partial charge in [0.05, 0.1) is 31.2 Å². The van der Waals surface area contributed by atoms with Crippen molar-refractivity contribution in [2.75, 3.05) is 7.11 Å². The van der Waals surface area contributed by atoms with E-state index < -0.39 is 29.4 Å². The summed E-state index contributed by atoms with van der Waals surface area (Å²) in [6.07, 6.45) is 1.07. The molecule has 33 heavy (non-hydrogen) atoms. The van der Waals surface area contributed by atoms with Crippen molar-refractivity contribution < 1.29 is 22.7 Å². The van der Waals surface area contributed by atoms with E-state index in [-0.39, 0.29) is 11.7 Å². The maximum absolute atomic E-state index is 13.9. The highest BCUT2D eigenvalue weighted by Gasteiger charge is 2.41. The number of nitrogens with zero attached hydrogens (tertiary/aromatic N) is 6. The van der Waals surface area contributed by atoms with Gasteiger partial charge in [0.1, 0.15) is 0 Å². The number of amides is 1. The van der Waals surface area contributed by atoms with Crippen LogP contribution in [-0.4, -0.2) is 42.5 Å². The van der Waals surface area contributed by atoms with Gasteiger partial charge in [0.25, 0.3) is 5.91 Å². The molecule has 3 heterocycles. The minimum Gasteiger partial charge on any atom is -0.480 e. The van der Waals surface area contributed by atoms with Crippen molar-refractivity contribution in [1.82, 2.24) is 34.8 Å². The van der Waals surface area contributed by atoms with E-state index in [1.54, 1.807) is 42.3 Å². The molecule has 1 atom stereocenters. The van der Waals surface area contributed by atoms with Crippen molar-refractivity contribution in [2.45, 2.75) is 19.1 Å². The molecule has 0 saturated carbocycles. The summed E-state index contributed by atoms with van der Waals surface area (Å²) in [5, 5.41) is 13.7. The van der Waals surface area contributed by atoms with E-state index in [4.69, 9.17) is 4.74 Å². The van der Waals surface area contributed by atoms with E-state index in [1.165, 1.54) is 19.2 Å². The summed E-state index contributed by atoms with van der Waals surface area (Å²) in [6.45, 7) is 1.68. The molecular weight excluding hydrogens is 439 g/mol. The van der Waals surface area contributed by atoms with Gasteiger partial charge >= 0.3 is 6.18 Å². The van der Waals surface area contributed by atoms with Gasteiger partial charge in [-0.2, -0.15) is 18.3 Å². The Labute approximate surface area is 185 Å². The molecule has 0 aliphatic heterocycles. The van der Waals surface area contributed by atoms with Gasteiger partial charge in [-0.25, -0.2) is 9.67 Å². The fourth-order valence-electron chi connectivity index (χ4n) is 3.20. The van der Waals surface area contributed by atoms with E-state index in [2.05, 4.69) is 25.6 Å². The third-order valence-corrected chi connectivity index (χ3v) is 4.88. The molecule has 0 aliphatic rings. The van der Waals surface area contributed by atoms with Gasteiger partial charge in [-0.05, 0) is 30.7 Å². The van der Waals surface area contributed by atoms with Gasteiger partial charge in [0.15, 0.2) is 11.5 Å². The van der Waals surface area contributed by atoms with Crippen molar-refractivity contribution in [3.05, 3.63) is 78.1 Å². The van der Waals surface area contributed by atoms with E-state index >= 15 is 0 Å². The lowest BCUT2D eigenvalue weighted by Crippen LogP contribution is -2.29. The number of hydrogen-bond donors (Lipinski definition) is 1. The SMILES string of the molecule is COc1ccc(-n2ncc(C(=O)NC(C)c3ccc(-n4ccnc4)cc3)c2C(F)(F)F)nn1. The number of benzene rings is 1. The zero-order chi connectivity index (χ0) is 23.6. The summed E-state index contributed by atoms with van der Waals surface area (Å²) in [4.78, 5) is 16.7. The molecule has 4 aromatic rings. The molecule has 1 amide bonds. The van der Waals surface area contributed by atoms with E-state index in [9.17, 15) is 18.0 Å². The molecule has 0 saturated heterocycles. The molecule has 0 radical (unpaired) electrons. The first-order valence-electron chi connectivity index (χ1n) is 9.70. The number of nitrogens with one attached hydrogen (secondary N) is 1. The average molecular weight is 457 g/mol. The smallest absolute Gasteiger partial charge is 0.434 e. The zero-order valence-corrected chi connectivity index (χ0v) is 17.5. The van der Waals surface area contributed by atoms with Crippen LogP contribution in [0.5, 0.6) is 5.88 Å². The Hall–Kier alpha value is -4.22. The summed E-state index contributed by atoms with van der Waals surface area (Å²) in [6, 6.07) is 9.25. The average Bonchev–Trinajstić information content (AvgIpc) is 3.49. The van der Waals surface area contributed by atoms with Gasteiger partial charge in [-0.1, -0.05) is 12.1 Å².